The first-order valence-corrected chi connectivity index (χ1v) is 5.22. The number of thiazole rings is 1. The Kier molecular flexibility index (Phi) is 2.25. The van der Waals surface area contributed by atoms with Crippen molar-refractivity contribution in [3.05, 3.63) is 22.0 Å². The van der Waals surface area contributed by atoms with Gasteiger partial charge in [-0.15, -0.1) is 5.10 Å². The third-order valence-electron chi connectivity index (χ3n) is 2.20. The molecule has 2 rings (SSSR count). The first-order chi connectivity index (χ1) is 7.13. The van der Waals surface area contributed by atoms with Crippen molar-refractivity contribution in [2.24, 2.45) is 0 Å². The Balaban J connectivity index is 2.55. The molecular formula is C9H9N5S. The highest BCUT2D eigenvalue weighted by Gasteiger charge is 2.13. The SMILES string of the molecule is Cc1nc(-n2nnc(C#N)c2C)sc1C. The van der Waals surface area contributed by atoms with Gasteiger partial charge in [0.1, 0.15) is 6.07 Å². The van der Waals surface area contributed by atoms with Crippen LogP contribution in [-0.4, -0.2) is 20.0 Å². The molecular weight excluding hydrogens is 210 g/mol. The fraction of sp³-hybridized carbons (Fsp3) is 0.333. The van der Waals surface area contributed by atoms with Crippen LogP contribution < -0.4 is 0 Å². The number of hydrogen-bond acceptors (Lipinski definition) is 5. The smallest absolute Gasteiger partial charge is 0.212 e. The molecule has 2 aromatic rings. The molecule has 0 aliphatic rings. The molecule has 0 saturated heterocycles. The zero-order chi connectivity index (χ0) is 11.0. The lowest BCUT2D eigenvalue weighted by Gasteiger charge is -1.94. The minimum atomic E-state index is 0.348. The van der Waals surface area contributed by atoms with Crippen LogP contribution in [0.4, 0.5) is 0 Å². The van der Waals surface area contributed by atoms with E-state index in [0.717, 1.165) is 21.4 Å². The maximum Gasteiger partial charge on any atom is 0.212 e. The number of nitriles is 1. The highest BCUT2D eigenvalue weighted by atomic mass is 32.1. The molecule has 0 radical (unpaired) electrons. The van der Waals surface area contributed by atoms with Crippen molar-refractivity contribution in [2.75, 3.05) is 0 Å². The van der Waals surface area contributed by atoms with E-state index in [1.807, 2.05) is 26.8 Å². The largest absolute Gasteiger partial charge is 0.223 e. The van der Waals surface area contributed by atoms with Crippen molar-refractivity contribution >= 4 is 11.3 Å². The molecule has 0 atom stereocenters. The van der Waals surface area contributed by atoms with E-state index in [4.69, 9.17) is 5.26 Å². The summed E-state index contributed by atoms with van der Waals surface area (Å²) in [5, 5.41) is 17.2. The second-order valence-electron chi connectivity index (χ2n) is 3.19. The summed E-state index contributed by atoms with van der Waals surface area (Å²) in [6, 6.07) is 1.99. The van der Waals surface area contributed by atoms with Crippen LogP contribution in [-0.2, 0) is 0 Å². The second-order valence-corrected chi connectivity index (χ2v) is 4.37. The van der Waals surface area contributed by atoms with Gasteiger partial charge in [0.15, 0.2) is 5.69 Å². The predicted octanol–water partition coefficient (Wildman–Crippen LogP) is 1.52. The van der Waals surface area contributed by atoms with Crippen molar-refractivity contribution in [2.45, 2.75) is 20.8 Å². The quantitative estimate of drug-likeness (QED) is 0.729. The van der Waals surface area contributed by atoms with Crippen LogP contribution in [0.25, 0.3) is 5.13 Å². The molecule has 0 aromatic carbocycles. The van der Waals surface area contributed by atoms with Crippen molar-refractivity contribution in [1.82, 2.24) is 20.0 Å². The van der Waals surface area contributed by atoms with Crippen LogP contribution in [0.2, 0.25) is 0 Å². The summed E-state index contributed by atoms with van der Waals surface area (Å²) >= 11 is 1.55. The number of rotatable bonds is 1. The van der Waals surface area contributed by atoms with Gasteiger partial charge < -0.3 is 0 Å². The van der Waals surface area contributed by atoms with E-state index in [0.29, 0.717) is 5.69 Å². The molecule has 0 spiro atoms. The Bertz CT molecular complexity index is 526. The van der Waals surface area contributed by atoms with Crippen molar-refractivity contribution < 1.29 is 0 Å². The standard InChI is InChI=1S/C9H9N5S/c1-5-7(3)15-9(11-5)14-6(2)8(4-10)12-13-14/h1-3H3. The van der Waals surface area contributed by atoms with Gasteiger partial charge in [-0.1, -0.05) is 16.6 Å². The lowest BCUT2D eigenvalue weighted by molar-refractivity contribution is 0.776. The molecule has 2 heterocycles. The number of hydrogen-bond donors (Lipinski definition) is 0. The van der Waals surface area contributed by atoms with Crippen LogP contribution in [0.3, 0.4) is 0 Å². The maximum atomic E-state index is 8.76. The Morgan fingerprint density at radius 2 is 2.07 bits per heavy atom. The fourth-order valence-electron chi connectivity index (χ4n) is 1.16. The van der Waals surface area contributed by atoms with Gasteiger partial charge in [-0.2, -0.15) is 9.94 Å². The molecule has 76 valence electrons. The van der Waals surface area contributed by atoms with E-state index in [2.05, 4.69) is 15.3 Å². The van der Waals surface area contributed by atoms with Gasteiger partial charge in [0.05, 0.1) is 11.4 Å². The first kappa shape index (κ1) is 9.80. The van der Waals surface area contributed by atoms with Crippen molar-refractivity contribution in [1.29, 1.82) is 5.26 Å². The zero-order valence-electron chi connectivity index (χ0n) is 8.64. The van der Waals surface area contributed by atoms with Crippen molar-refractivity contribution in [3.63, 3.8) is 0 Å². The highest BCUT2D eigenvalue weighted by Crippen LogP contribution is 2.21. The monoisotopic (exact) mass is 219 g/mol. The molecule has 5 nitrogen and oxygen atoms in total. The van der Waals surface area contributed by atoms with Crippen molar-refractivity contribution in [3.8, 4) is 11.2 Å². The summed E-state index contributed by atoms with van der Waals surface area (Å²) in [6.07, 6.45) is 0. The minimum Gasteiger partial charge on any atom is -0.223 e. The Hall–Kier alpha value is -1.74. The van der Waals surface area contributed by atoms with Gasteiger partial charge in [-0.25, -0.2) is 4.98 Å². The van der Waals surface area contributed by atoms with Gasteiger partial charge in [-0.3, -0.25) is 0 Å². The molecule has 0 aliphatic heterocycles. The van der Waals surface area contributed by atoms with E-state index < -0.39 is 0 Å². The van der Waals surface area contributed by atoms with Crippen LogP contribution in [0.1, 0.15) is 22.0 Å². The molecule has 0 N–H and O–H groups in total. The Morgan fingerprint density at radius 3 is 2.53 bits per heavy atom. The summed E-state index contributed by atoms with van der Waals surface area (Å²) in [6.45, 7) is 5.77. The van der Waals surface area contributed by atoms with Crippen LogP contribution >= 0.6 is 11.3 Å². The van der Waals surface area contributed by atoms with Gasteiger partial charge in [-0.05, 0) is 20.8 Å². The molecule has 0 saturated carbocycles. The molecule has 0 amide bonds. The van der Waals surface area contributed by atoms with E-state index in [-0.39, 0.29) is 0 Å². The Labute approximate surface area is 91.0 Å². The van der Waals surface area contributed by atoms with Gasteiger partial charge >= 0.3 is 0 Å². The minimum absolute atomic E-state index is 0.348. The summed E-state index contributed by atoms with van der Waals surface area (Å²) in [7, 11) is 0. The molecule has 0 aliphatic carbocycles. The number of aromatic nitrogens is 4. The molecule has 0 unspecified atom stereocenters. The average Bonchev–Trinajstić information content (AvgIpc) is 2.71. The van der Waals surface area contributed by atoms with Gasteiger partial charge in [0.25, 0.3) is 0 Å². The van der Waals surface area contributed by atoms with E-state index in [9.17, 15) is 0 Å². The highest BCUT2D eigenvalue weighted by molar-refractivity contribution is 7.14. The van der Waals surface area contributed by atoms with Crippen LogP contribution in [0.5, 0.6) is 0 Å². The van der Waals surface area contributed by atoms with E-state index >= 15 is 0 Å². The molecule has 0 bridgehead atoms. The summed E-state index contributed by atoms with van der Waals surface area (Å²) in [5.41, 5.74) is 2.06. The Morgan fingerprint density at radius 1 is 1.33 bits per heavy atom. The summed E-state index contributed by atoms with van der Waals surface area (Å²) < 4.78 is 1.60. The first-order valence-electron chi connectivity index (χ1n) is 4.40. The lowest BCUT2D eigenvalue weighted by Crippen LogP contribution is -1.98. The topological polar surface area (TPSA) is 67.4 Å². The van der Waals surface area contributed by atoms with Crippen LogP contribution in [0, 0.1) is 32.1 Å². The molecule has 6 heteroatoms. The van der Waals surface area contributed by atoms with Crippen LogP contribution in [0.15, 0.2) is 0 Å². The van der Waals surface area contributed by atoms with Gasteiger partial charge in [0, 0.05) is 4.88 Å². The fourth-order valence-corrected chi connectivity index (χ4v) is 2.07. The predicted molar refractivity (Wildman–Crippen MR) is 56.0 cm³/mol. The second kappa shape index (κ2) is 3.44. The lowest BCUT2D eigenvalue weighted by atomic mass is 10.4. The summed E-state index contributed by atoms with van der Waals surface area (Å²) in [4.78, 5) is 5.51. The third kappa shape index (κ3) is 1.51. The van der Waals surface area contributed by atoms with Gasteiger partial charge in [0.2, 0.25) is 5.13 Å². The zero-order valence-corrected chi connectivity index (χ0v) is 9.46. The van der Waals surface area contributed by atoms with E-state index in [1.54, 1.807) is 16.0 Å². The molecule has 0 fully saturated rings. The number of aryl methyl sites for hydroxylation is 2. The van der Waals surface area contributed by atoms with E-state index in [1.165, 1.54) is 0 Å². The normalized spacial score (nSPS) is 10.3. The number of nitrogens with zero attached hydrogens (tertiary/aromatic N) is 5. The molecule has 2 aromatic heterocycles. The maximum absolute atomic E-state index is 8.76. The average molecular weight is 219 g/mol. The summed E-state index contributed by atoms with van der Waals surface area (Å²) in [5.74, 6) is 0. The molecule has 15 heavy (non-hydrogen) atoms. The third-order valence-corrected chi connectivity index (χ3v) is 3.25.